The van der Waals surface area contributed by atoms with Crippen LogP contribution in [0.4, 0.5) is 0 Å². The average Bonchev–Trinajstić information content (AvgIpc) is 2.99. The number of rotatable bonds is 1. The van der Waals surface area contributed by atoms with Crippen molar-refractivity contribution in [3.05, 3.63) is 71.0 Å². The van der Waals surface area contributed by atoms with Crippen molar-refractivity contribution < 1.29 is 0 Å². The number of hydrogen-bond acceptors (Lipinski definition) is 5. The van der Waals surface area contributed by atoms with Crippen molar-refractivity contribution in [3.63, 3.8) is 0 Å². The summed E-state index contributed by atoms with van der Waals surface area (Å²) in [6, 6.07) is 13.4. The molecule has 0 saturated heterocycles. The maximum atomic E-state index is 6.16. The Bertz CT molecular complexity index is 871. The van der Waals surface area contributed by atoms with E-state index in [1.165, 1.54) is 0 Å². The summed E-state index contributed by atoms with van der Waals surface area (Å²) in [6.07, 6.45) is 0.984. The number of hydrogen-bond donors (Lipinski definition) is 1. The van der Waals surface area contributed by atoms with Crippen LogP contribution in [0.3, 0.4) is 0 Å². The smallest absolute Gasteiger partial charge is 0.176 e. The maximum Gasteiger partial charge on any atom is 0.176 e. The molecule has 1 aliphatic rings. The average molecular weight is 311 g/mol. The molecule has 0 fully saturated rings. The Hall–Kier alpha value is -2.57. The van der Waals surface area contributed by atoms with Gasteiger partial charge in [0.05, 0.1) is 11.4 Å². The lowest BCUT2D eigenvalue weighted by Crippen LogP contribution is -2.13. The van der Waals surface area contributed by atoms with Crippen molar-refractivity contribution in [1.29, 1.82) is 0 Å². The molecule has 0 radical (unpaired) electrons. The van der Waals surface area contributed by atoms with E-state index in [1.54, 1.807) is 17.0 Å². The molecule has 0 amide bonds. The number of aliphatic imine (C=N–C) groups is 1. The lowest BCUT2D eigenvalue weighted by molar-refractivity contribution is 0.693. The number of aromatic nitrogens is 4. The molecule has 3 heterocycles. The summed E-state index contributed by atoms with van der Waals surface area (Å²) >= 11 is 6.08. The molecule has 1 aromatic carbocycles. The molecule has 7 heteroatoms. The molecule has 22 heavy (non-hydrogen) atoms. The normalized spacial score (nSPS) is 16.5. The fourth-order valence-electron chi connectivity index (χ4n) is 2.49. The molecule has 108 valence electrons. The van der Waals surface area contributed by atoms with Crippen molar-refractivity contribution in [2.75, 3.05) is 0 Å². The maximum absolute atomic E-state index is 6.16. The second-order valence-corrected chi connectivity index (χ2v) is 5.24. The molecule has 2 N–H and O–H groups in total. The van der Waals surface area contributed by atoms with Gasteiger partial charge in [-0.2, -0.15) is 0 Å². The van der Waals surface area contributed by atoms with E-state index < -0.39 is 6.17 Å². The summed E-state index contributed by atoms with van der Waals surface area (Å²) in [4.78, 5) is 9.04. The SMILES string of the molecule is NC1N=C(c2ccccc2)c2nc(Cl)ccc2-n2cnnc21. The van der Waals surface area contributed by atoms with E-state index in [2.05, 4.69) is 20.2 Å². The van der Waals surface area contributed by atoms with Crippen LogP contribution in [0.25, 0.3) is 5.69 Å². The zero-order chi connectivity index (χ0) is 15.1. The second kappa shape index (κ2) is 5.01. The molecule has 1 unspecified atom stereocenters. The van der Waals surface area contributed by atoms with Crippen LogP contribution in [-0.4, -0.2) is 25.5 Å². The fourth-order valence-corrected chi connectivity index (χ4v) is 2.64. The third-order valence-corrected chi connectivity index (χ3v) is 3.69. The van der Waals surface area contributed by atoms with Crippen LogP contribution in [0.2, 0.25) is 5.15 Å². The summed E-state index contributed by atoms with van der Waals surface area (Å²) in [5.41, 5.74) is 9.24. The van der Waals surface area contributed by atoms with Crippen LogP contribution in [0.5, 0.6) is 0 Å². The molecule has 6 nitrogen and oxygen atoms in total. The van der Waals surface area contributed by atoms with E-state index in [4.69, 9.17) is 17.3 Å². The first kappa shape index (κ1) is 13.1. The van der Waals surface area contributed by atoms with Crippen LogP contribution in [0.1, 0.15) is 23.2 Å². The summed E-state index contributed by atoms with van der Waals surface area (Å²) < 4.78 is 1.79. The Morgan fingerprint density at radius 3 is 2.73 bits per heavy atom. The summed E-state index contributed by atoms with van der Waals surface area (Å²) in [5.74, 6) is 0.566. The molecule has 0 bridgehead atoms. The van der Waals surface area contributed by atoms with Gasteiger partial charge in [0.25, 0.3) is 0 Å². The van der Waals surface area contributed by atoms with Gasteiger partial charge in [-0.15, -0.1) is 10.2 Å². The van der Waals surface area contributed by atoms with Gasteiger partial charge in [-0.3, -0.25) is 9.56 Å². The monoisotopic (exact) mass is 310 g/mol. The number of nitrogens with two attached hydrogens (primary N) is 1. The molecule has 0 saturated carbocycles. The number of halogens is 1. The summed E-state index contributed by atoms with van der Waals surface area (Å²) in [7, 11) is 0. The van der Waals surface area contributed by atoms with Crippen molar-refractivity contribution in [2.45, 2.75) is 6.17 Å². The van der Waals surface area contributed by atoms with Gasteiger partial charge in [0, 0.05) is 5.56 Å². The minimum absolute atomic E-state index is 0.396. The number of pyridine rings is 1. The largest absolute Gasteiger partial charge is 0.303 e. The summed E-state index contributed by atoms with van der Waals surface area (Å²) in [6.45, 7) is 0. The molecule has 3 aromatic rings. The zero-order valence-electron chi connectivity index (χ0n) is 11.4. The van der Waals surface area contributed by atoms with Crippen molar-refractivity contribution in [1.82, 2.24) is 19.7 Å². The van der Waals surface area contributed by atoms with E-state index >= 15 is 0 Å². The standard InChI is InChI=1S/C15H11ClN6/c16-11-7-6-10-13(19-11)12(9-4-2-1-3-5-9)20-14(17)15-21-18-8-22(10)15/h1-8,14H,17H2. The Balaban J connectivity index is 2.03. The minimum Gasteiger partial charge on any atom is -0.303 e. The van der Waals surface area contributed by atoms with E-state index in [-0.39, 0.29) is 0 Å². The predicted octanol–water partition coefficient (Wildman–Crippen LogP) is 2.12. The van der Waals surface area contributed by atoms with Gasteiger partial charge in [0.1, 0.15) is 17.2 Å². The highest BCUT2D eigenvalue weighted by molar-refractivity contribution is 6.29. The highest BCUT2D eigenvalue weighted by atomic mass is 35.5. The molecule has 2 aromatic heterocycles. The Kier molecular flexibility index (Phi) is 2.99. The van der Waals surface area contributed by atoms with Gasteiger partial charge in [-0.05, 0) is 12.1 Å². The fraction of sp³-hybridized carbons (Fsp3) is 0.0667. The van der Waals surface area contributed by atoms with Gasteiger partial charge in [-0.25, -0.2) is 4.98 Å². The van der Waals surface area contributed by atoms with Gasteiger partial charge in [0.2, 0.25) is 0 Å². The quantitative estimate of drug-likeness (QED) is 0.698. The summed E-state index contributed by atoms with van der Waals surface area (Å²) in [5, 5.41) is 8.38. The first-order valence-corrected chi connectivity index (χ1v) is 7.08. The van der Waals surface area contributed by atoms with Gasteiger partial charge in [0.15, 0.2) is 12.0 Å². The van der Waals surface area contributed by atoms with Crippen molar-refractivity contribution in [2.24, 2.45) is 10.7 Å². The Labute approximate surface area is 131 Å². The lowest BCUT2D eigenvalue weighted by Gasteiger charge is -2.10. The second-order valence-electron chi connectivity index (χ2n) is 4.85. The van der Waals surface area contributed by atoms with E-state index in [0.29, 0.717) is 22.4 Å². The van der Waals surface area contributed by atoms with E-state index in [1.807, 2.05) is 36.4 Å². The Morgan fingerprint density at radius 2 is 1.91 bits per heavy atom. The lowest BCUT2D eigenvalue weighted by atomic mass is 10.1. The highest BCUT2D eigenvalue weighted by Gasteiger charge is 2.25. The molecule has 0 spiro atoms. The van der Waals surface area contributed by atoms with Gasteiger partial charge < -0.3 is 5.73 Å². The molecule has 1 aliphatic heterocycles. The van der Waals surface area contributed by atoms with Gasteiger partial charge >= 0.3 is 0 Å². The van der Waals surface area contributed by atoms with Crippen LogP contribution < -0.4 is 5.73 Å². The predicted molar refractivity (Wildman–Crippen MR) is 83.2 cm³/mol. The molecular formula is C15H11ClN6. The highest BCUT2D eigenvalue weighted by Crippen LogP contribution is 2.27. The molecule has 4 rings (SSSR count). The minimum atomic E-state index is -0.620. The van der Waals surface area contributed by atoms with Crippen molar-refractivity contribution in [3.8, 4) is 5.69 Å². The van der Waals surface area contributed by atoms with Crippen LogP contribution in [0, 0.1) is 0 Å². The van der Waals surface area contributed by atoms with Crippen LogP contribution in [-0.2, 0) is 0 Å². The topological polar surface area (TPSA) is 82.0 Å². The first-order chi connectivity index (χ1) is 10.7. The molecular weight excluding hydrogens is 300 g/mol. The third-order valence-electron chi connectivity index (χ3n) is 3.48. The first-order valence-electron chi connectivity index (χ1n) is 6.70. The third kappa shape index (κ3) is 2.01. The van der Waals surface area contributed by atoms with E-state index in [0.717, 1.165) is 11.3 Å². The molecule has 0 aliphatic carbocycles. The molecule has 1 atom stereocenters. The van der Waals surface area contributed by atoms with Crippen molar-refractivity contribution >= 4 is 17.3 Å². The zero-order valence-corrected chi connectivity index (χ0v) is 12.1. The van der Waals surface area contributed by atoms with E-state index in [9.17, 15) is 0 Å². The van der Waals surface area contributed by atoms with Crippen LogP contribution in [0.15, 0.2) is 53.8 Å². The van der Waals surface area contributed by atoms with Crippen LogP contribution >= 0.6 is 11.6 Å². The number of benzene rings is 1. The Morgan fingerprint density at radius 1 is 1.09 bits per heavy atom. The number of nitrogens with zero attached hydrogens (tertiary/aromatic N) is 5. The number of fused-ring (bicyclic) bond motifs is 3. The van der Waals surface area contributed by atoms with Gasteiger partial charge in [-0.1, -0.05) is 41.9 Å².